The van der Waals surface area contributed by atoms with E-state index < -0.39 is 0 Å². The second-order valence-corrected chi connectivity index (χ2v) is 4.70. The van der Waals surface area contributed by atoms with E-state index in [9.17, 15) is 0 Å². The van der Waals surface area contributed by atoms with Crippen molar-refractivity contribution >= 4 is 0 Å². The van der Waals surface area contributed by atoms with E-state index in [1.165, 1.54) is 45.2 Å². The highest BCUT2D eigenvalue weighted by molar-refractivity contribution is 4.88. The average Bonchev–Trinajstić information content (AvgIpc) is 2.21. The molecular formula is C10H20N2. The lowest BCUT2D eigenvalue weighted by atomic mass is 9.85. The first-order valence-electron chi connectivity index (χ1n) is 5.22. The molecule has 2 N–H and O–H groups in total. The zero-order chi connectivity index (χ0) is 8.60. The van der Waals surface area contributed by atoms with Crippen LogP contribution >= 0.6 is 0 Å². The van der Waals surface area contributed by atoms with Gasteiger partial charge in [0.15, 0.2) is 0 Å². The first-order valence-corrected chi connectivity index (χ1v) is 5.22. The van der Waals surface area contributed by atoms with Gasteiger partial charge in [-0.25, -0.2) is 0 Å². The maximum atomic E-state index is 6.18. The number of rotatable bonds is 2. The lowest BCUT2D eigenvalue weighted by Crippen LogP contribution is -2.51. The van der Waals surface area contributed by atoms with Gasteiger partial charge >= 0.3 is 0 Å². The molecule has 0 bridgehead atoms. The van der Waals surface area contributed by atoms with Crippen LogP contribution in [0.1, 0.15) is 39.0 Å². The summed E-state index contributed by atoms with van der Waals surface area (Å²) in [6.45, 7) is 4.66. The summed E-state index contributed by atoms with van der Waals surface area (Å²) in [6, 6.07) is 0. The number of likely N-dealkylation sites (tertiary alicyclic amines) is 1. The summed E-state index contributed by atoms with van der Waals surface area (Å²) in [5, 5.41) is 0. The fourth-order valence-corrected chi connectivity index (χ4v) is 2.33. The normalized spacial score (nSPS) is 38.5. The van der Waals surface area contributed by atoms with Crippen LogP contribution in [-0.4, -0.2) is 23.7 Å². The minimum absolute atomic E-state index is 0.00951. The molecule has 2 nitrogen and oxygen atoms in total. The van der Waals surface area contributed by atoms with Crippen LogP contribution < -0.4 is 5.73 Å². The highest BCUT2D eigenvalue weighted by atomic mass is 15.3. The summed E-state index contributed by atoms with van der Waals surface area (Å²) in [6.07, 6.45) is 6.79. The van der Waals surface area contributed by atoms with Gasteiger partial charge < -0.3 is 5.73 Å². The van der Waals surface area contributed by atoms with Crippen LogP contribution in [0.3, 0.4) is 0 Å². The molecule has 2 aliphatic rings. The summed E-state index contributed by atoms with van der Waals surface area (Å²) in [4.78, 5) is 2.48. The molecule has 0 aromatic carbocycles. The largest absolute Gasteiger partial charge is 0.313 e. The van der Waals surface area contributed by atoms with Crippen LogP contribution in [0.25, 0.3) is 0 Å². The van der Waals surface area contributed by atoms with Crippen molar-refractivity contribution in [2.24, 2.45) is 11.7 Å². The van der Waals surface area contributed by atoms with Crippen LogP contribution in [-0.2, 0) is 0 Å². The maximum absolute atomic E-state index is 6.18. The number of hydrogen-bond donors (Lipinski definition) is 1. The Morgan fingerprint density at radius 2 is 2.17 bits per heavy atom. The van der Waals surface area contributed by atoms with Gasteiger partial charge in [-0.2, -0.15) is 0 Å². The summed E-state index contributed by atoms with van der Waals surface area (Å²) in [5.74, 6) is 0.964. The molecule has 0 spiro atoms. The van der Waals surface area contributed by atoms with Crippen LogP contribution in [0.2, 0.25) is 0 Å². The third-order valence-corrected chi connectivity index (χ3v) is 3.54. The van der Waals surface area contributed by atoms with Crippen LogP contribution in [0, 0.1) is 5.92 Å². The Morgan fingerprint density at radius 1 is 1.42 bits per heavy atom. The van der Waals surface area contributed by atoms with E-state index in [1.807, 2.05) is 0 Å². The number of nitrogens with zero attached hydrogens (tertiary/aromatic N) is 1. The average molecular weight is 168 g/mol. The van der Waals surface area contributed by atoms with E-state index in [2.05, 4.69) is 11.8 Å². The topological polar surface area (TPSA) is 29.3 Å². The zero-order valence-corrected chi connectivity index (χ0v) is 8.05. The minimum Gasteiger partial charge on any atom is -0.313 e. The predicted molar refractivity (Wildman–Crippen MR) is 50.7 cm³/mol. The second kappa shape index (κ2) is 3.00. The van der Waals surface area contributed by atoms with Crippen molar-refractivity contribution in [2.75, 3.05) is 13.1 Å². The molecule has 70 valence electrons. The Morgan fingerprint density at radius 3 is 2.58 bits per heavy atom. The van der Waals surface area contributed by atoms with Crippen molar-refractivity contribution in [3.63, 3.8) is 0 Å². The molecule has 0 aromatic heterocycles. The van der Waals surface area contributed by atoms with Crippen molar-refractivity contribution in [3.8, 4) is 0 Å². The van der Waals surface area contributed by atoms with E-state index in [0.717, 1.165) is 5.92 Å². The van der Waals surface area contributed by atoms with Gasteiger partial charge in [-0.3, -0.25) is 4.90 Å². The molecule has 1 aliphatic carbocycles. The van der Waals surface area contributed by atoms with Gasteiger partial charge in [0.2, 0.25) is 0 Å². The predicted octanol–water partition coefficient (Wildman–Crippen LogP) is 1.56. The van der Waals surface area contributed by atoms with Crippen molar-refractivity contribution in [1.82, 2.24) is 4.90 Å². The van der Waals surface area contributed by atoms with Crippen molar-refractivity contribution in [2.45, 2.75) is 44.7 Å². The number of nitrogens with two attached hydrogens (primary N) is 1. The van der Waals surface area contributed by atoms with E-state index in [1.54, 1.807) is 0 Å². The van der Waals surface area contributed by atoms with Crippen LogP contribution in [0.5, 0.6) is 0 Å². The third kappa shape index (κ3) is 1.50. The smallest absolute Gasteiger partial charge is 0.0658 e. The molecule has 0 aromatic rings. The fraction of sp³-hybridized carbons (Fsp3) is 1.00. The molecule has 1 saturated heterocycles. The summed E-state index contributed by atoms with van der Waals surface area (Å²) in [7, 11) is 0. The Bertz CT molecular complexity index is 161. The summed E-state index contributed by atoms with van der Waals surface area (Å²) >= 11 is 0. The fourth-order valence-electron chi connectivity index (χ4n) is 2.33. The Kier molecular flexibility index (Phi) is 2.13. The van der Waals surface area contributed by atoms with Crippen LogP contribution in [0.15, 0.2) is 0 Å². The number of hydrogen-bond acceptors (Lipinski definition) is 2. The van der Waals surface area contributed by atoms with Gasteiger partial charge in [0.05, 0.1) is 5.66 Å². The lowest BCUT2D eigenvalue weighted by Gasteiger charge is -2.37. The molecular weight excluding hydrogens is 148 g/mol. The first-order chi connectivity index (χ1) is 5.68. The van der Waals surface area contributed by atoms with Crippen molar-refractivity contribution < 1.29 is 0 Å². The van der Waals surface area contributed by atoms with E-state index >= 15 is 0 Å². The molecule has 0 amide bonds. The molecule has 1 heterocycles. The lowest BCUT2D eigenvalue weighted by molar-refractivity contribution is 0.110. The Hall–Kier alpha value is -0.0800. The second-order valence-electron chi connectivity index (χ2n) is 4.70. The molecule has 1 aliphatic heterocycles. The highest BCUT2D eigenvalue weighted by Crippen LogP contribution is 2.31. The SMILES string of the molecule is CC1(N)CCCN1CC1CCC1. The summed E-state index contributed by atoms with van der Waals surface area (Å²) < 4.78 is 0. The third-order valence-electron chi connectivity index (χ3n) is 3.54. The maximum Gasteiger partial charge on any atom is 0.0658 e. The van der Waals surface area contributed by atoms with Gasteiger partial charge in [0.1, 0.15) is 0 Å². The molecule has 2 heteroatoms. The van der Waals surface area contributed by atoms with Crippen LogP contribution in [0.4, 0.5) is 0 Å². The highest BCUT2D eigenvalue weighted by Gasteiger charge is 2.34. The zero-order valence-electron chi connectivity index (χ0n) is 8.05. The van der Waals surface area contributed by atoms with E-state index in [0.29, 0.717) is 0 Å². The molecule has 2 rings (SSSR count). The molecule has 2 fully saturated rings. The molecule has 12 heavy (non-hydrogen) atoms. The Labute approximate surface area is 75.1 Å². The molecule has 0 radical (unpaired) electrons. The summed E-state index contributed by atoms with van der Waals surface area (Å²) in [5.41, 5.74) is 6.18. The molecule has 1 atom stereocenters. The van der Waals surface area contributed by atoms with Gasteiger partial charge in [-0.05, 0) is 45.1 Å². The van der Waals surface area contributed by atoms with Gasteiger partial charge in [-0.1, -0.05) is 6.42 Å². The minimum atomic E-state index is 0.00951. The molecule has 1 unspecified atom stereocenters. The Balaban J connectivity index is 1.85. The van der Waals surface area contributed by atoms with E-state index in [-0.39, 0.29) is 5.66 Å². The van der Waals surface area contributed by atoms with Gasteiger partial charge in [0, 0.05) is 6.54 Å². The van der Waals surface area contributed by atoms with E-state index in [4.69, 9.17) is 5.73 Å². The monoisotopic (exact) mass is 168 g/mol. The van der Waals surface area contributed by atoms with Crippen molar-refractivity contribution in [1.29, 1.82) is 0 Å². The van der Waals surface area contributed by atoms with Gasteiger partial charge in [0.25, 0.3) is 0 Å². The first kappa shape index (κ1) is 8.52. The molecule has 1 saturated carbocycles. The standard InChI is InChI=1S/C10H20N2/c1-10(11)6-3-7-12(10)8-9-4-2-5-9/h9H,2-8,11H2,1H3. The quantitative estimate of drug-likeness (QED) is 0.678. The van der Waals surface area contributed by atoms with Crippen molar-refractivity contribution in [3.05, 3.63) is 0 Å². The van der Waals surface area contributed by atoms with Gasteiger partial charge in [-0.15, -0.1) is 0 Å².